The van der Waals surface area contributed by atoms with Crippen LogP contribution in [0.4, 0.5) is 0 Å². The van der Waals surface area contributed by atoms with Gasteiger partial charge in [0, 0.05) is 11.5 Å². The van der Waals surface area contributed by atoms with Crippen LogP contribution in [0.1, 0.15) is 29.5 Å². The van der Waals surface area contributed by atoms with Crippen LogP contribution in [0.5, 0.6) is 5.75 Å². The SMILES string of the molecule is COc1cccc(C(/C=C(\C)C(=O)O)c2ccc(C)cc2)c1. The van der Waals surface area contributed by atoms with Crippen LogP contribution in [0.25, 0.3) is 0 Å². The van der Waals surface area contributed by atoms with Crippen molar-refractivity contribution in [2.45, 2.75) is 19.8 Å². The average Bonchev–Trinajstić information content (AvgIpc) is 2.53. The van der Waals surface area contributed by atoms with Crippen molar-refractivity contribution < 1.29 is 14.6 Å². The van der Waals surface area contributed by atoms with Gasteiger partial charge in [-0.15, -0.1) is 0 Å². The van der Waals surface area contributed by atoms with Crippen molar-refractivity contribution >= 4 is 5.97 Å². The molecule has 0 radical (unpaired) electrons. The van der Waals surface area contributed by atoms with Crippen LogP contribution >= 0.6 is 0 Å². The van der Waals surface area contributed by atoms with Gasteiger partial charge in [-0.1, -0.05) is 48.0 Å². The van der Waals surface area contributed by atoms with Gasteiger partial charge in [-0.3, -0.25) is 0 Å². The van der Waals surface area contributed by atoms with E-state index in [9.17, 15) is 9.90 Å². The minimum atomic E-state index is -0.903. The molecule has 3 nitrogen and oxygen atoms in total. The summed E-state index contributed by atoms with van der Waals surface area (Å²) in [7, 11) is 1.62. The van der Waals surface area contributed by atoms with E-state index in [0.29, 0.717) is 5.57 Å². The summed E-state index contributed by atoms with van der Waals surface area (Å²) in [5.74, 6) is -0.261. The van der Waals surface area contributed by atoms with Crippen LogP contribution in [0.2, 0.25) is 0 Å². The molecular formula is C19H20O3. The Labute approximate surface area is 130 Å². The first-order chi connectivity index (χ1) is 10.5. The highest BCUT2D eigenvalue weighted by molar-refractivity contribution is 5.86. The van der Waals surface area contributed by atoms with Gasteiger partial charge in [-0.25, -0.2) is 4.79 Å². The standard InChI is InChI=1S/C19H20O3/c1-13-7-9-15(10-8-13)18(11-14(2)19(20)21)16-5-4-6-17(12-16)22-3/h4-12,18H,1-3H3,(H,20,21)/b14-11+. The number of carboxylic acids is 1. The zero-order valence-electron chi connectivity index (χ0n) is 13.0. The highest BCUT2D eigenvalue weighted by atomic mass is 16.5. The number of carboxylic acid groups (broad SMARTS) is 1. The van der Waals surface area contributed by atoms with Gasteiger partial charge in [-0.05, 0) is 37.1 Å². The van der Waals surface area contributed by atoms with Gasteiger partial charge in [0.1, 0.15) is 5.75 Å². The molecule has 1 unspecified atom stereocenters. The molecule has 1 atom stereocenters. The summed E-state index contributed by atoms with van der Waals surface area (Å²) in [5, 5.41) is 9.18. The number of methoxy groups -OCH3 is 1. The Balaban J connectivity index is 2.51. The third-order valence-electron chi connectivity index (χ3n) is 3.64. The molecule has 3 heteroatoms. The highest BCUT2D eigenvalue weighted by Gasteiger charge is 2.14. The van der Waals surface area contributed by atoms with Gasteiger partial charge in [0.15, 0.2) is 0 Å². The lowest BCUT2D eigenvalue weighted by molar-refractivity contribution is -0.132. The molecule has 0 aromatic heterocycles. The van der Waals surface area contributed by atoms with Crippen LogP contribution in [0, 0.1) is 6.92 Å². The Morgan fingerprint density at radius 3 is 2.41 bits per heavy atom. The topological polar surface area (TPSA) is 46.5 Å². The lowest BCUT2D eigenvalue weighted by Gasteiger charge is -2.16. The molecule has 0 bridgehead atoms. The molecule has 1 N–H and O–H groups in total. The molecule has 0 saturated carbocycles. The number of aliphatic carboxylic acids is 1. The van der Waals surface area contributed by atoms with E-state index in [1.54, 1.807) is 20.1 Å². The van der Waals surface area contributed by atoms with E-state index in [1.807, 2.05) is 55.5 Å². The first kappa shape index (κ1) is 15.8. The number of hydrogen-bond donors (Lipinski definition) is 1. The predicted molar refractivity (Wildman–Crippen MR) is 87.4 cm³/mol. The van der Waals surface area contributed by atoms with Crippen LogP contribution in [0.3, 0.4) is 0 Å². The van der Waals surface area contributed by atoms with Crippen molar-refractivity contribution in [2.24, 2.45) is 0 Å². The molecule has 0 heterocycles. The Kier molecular flexibility index (Phi) is 4.99. The smallest absolute Gasteiger partial charge is 0.330 e. The molecule has 0 amide bonds. The monoisotopic (exact) mass is 296 g/mol. The zero-order chi connectivity index (χ0) is 16.1. The Bertz CT molecular complexity index is 684. The summed E-state index contributed by atoms with van der Waals surface area (Å²) in [6, 6.07) is 15.9. The third-order valence-corrected chi connectivity index (χ3v) is 3.64. The maximum Gasteiger partial charge on any atom is 0.330 e. The summed E-state index contributed by atoms with van der Waals surface area (Å²) >= 11 is 0. The van der Waals surface area contributed by atoms with Gasteiger partial charge in [-0.2, -0.15) is 0 Å². The summed E-state index contributed by atoms with van der Waals surface area (Å²) < 4.78 is 5.28. The lowest BCUT2D eigenvalue weighted by Crippen LogP contribution is -2.03. The molecule has 2 aromatic rings. The van der Waals surface area contributed by atoms with Crippen molar-refractivity contribution in [1.82, 2.24) is 0 Å². The van der Waals surface area contributed by atoms with Crippen molar-refractivity contribution in [3.05, 3.63) is 76.9 Å². The van der Waals surface area contributed by atoms with Gasteiger partial charge in [0.2, 0.25) is 0 Å². The van der Waals surface area contributed by atoms with Crippen LogP contribution in [-0.2, 0) is 4.79 Å². The fourth-order valence-electron chi connectivity index (χ4n) is 2.31. The van der Waals surface area contributed by atoms with E-state index in [1.165, 1.54) is 5.56 Å². The first-order valence-electron chi connectivity index (χ1n) is 7.13. The number of carbonyl (C=O) groups is 1. The second-order valence-electron chi connectivity index (χ2n) is 5.32. The van der Waals surface area contributed by atoms with E-state index in [0.717, 1.165) is 16.9 Å². The largest absolute Gasteiger partial charge is 0.497 e. The molecule has 0 aliphatic heterocycles. The quantitative estimate of drug-likeness (QED) is 0.842. The van der Waals surface area contributed by atoms with Gasteiger partial charge < -0.3 is 9.84 Å². The van der Waals surface area contributed by atoms with E-state index in [-0.39, 0.29) is 5.92 Å². The normalized spacial score (nSPS) is 12.8. The number of ether oxygens (including phenoxy) is 1. The zero-order valence-corrected chi connectivity index (χ0v) is 13.0. The van der Waals surface area contributed by atoms with Crippen LogP contribution in [-0.4, -0.2) is 18.2 Å². The number of rotatable bonds is 5. The maximum absolute atomic E-state index is 11.2. The second kappa shape index (κ2) is 6.94. The summed E-state index contributed by atoms with van der Waals surface area (Å²) in [6.45, 7) is 3.65. The number of benzene rings is 2. The number of aryl methyl sites for hydroxylation is 1. The number of hydrogen-bond acceptors (Lipinski definition) is 2. The molecule has 22 heavy (non-hydrogen) atoms. The molecule has 0 saturated heterocycles. The van der Waals surface area contributed by atoms with E-state index >= 15 is 0 Å². The molecular weight excluding hydrogens is 276 g/mol. The number of allylic oxidation sites excluding steroid dienone is 1. The molecule has 0 fully saturated rings. The Morgan fingerprint density at radius 1 is 1.14 bits per heavy atom. The van der Waals surface area contributed by atoms with Crippen molar-refractivity contribution in [1.29, 1.82) is 0 Å². The summed E-state index contributed by atoms with van der Waals surface area (Å²) in [4.78, 5) is 11.2. The second-order valence-corrected chi connectivity index (χ2v) is 5.32. The molecule has 0 aliphatic carbocycles. The minimum absolute atomic E-state index is 0.119. The van der Waals surface area contributed by atoms with Gasteiger partial charge in [0.05, 0.1) is 7.11 Å². The summed E-state index contributed by atoms with van der Waals surface area (Å²) in [5.41, 5.74) is 3.56. The highest BCUT2D eigenvalue weighted by Crippen LogP contribution is 2.29. The average molecular weight is 296 g/mol. The minimum Gasteiger partial charge on any atom is -0.497 e. The van der Waals surface area contributed by atoms with Crippen LogP contribution < -0.4 is 4.74 Å². The molecule has 2 rings (SSSR count). The van der Waals surface area contributed by atoms with Crippen molar-refractivity contribution in [3.63, 3.8) is 0 Å². The predicted octanol–water partition coefficient (Wildman–Crippen LogP) is 4.17. The lowest BCUT2D eigenvalue weighted by atomic mass is 9.89. The molecule has 0 aliphatic rings. The Hall–Kier alpha value is -2.55. The molecule has 0 spiro atoms. The fourth-order valence-corrected chi connectivity index (χ4v) is 2.31. The van der Waals surface area contributed by atoms with E-state index in [4.69, 9.17) is 4.74 Å². The Morgan fingerprint density at radius 2 is 1.82 bits per heavy atom. The van der Waals surface area contributed by atoms with Gasteiger partial charge >= 0.3 is 5.97 Å². The molecule has 114 valence electrons. The first-order valence-corrected chi connectivity index (χ1v) is 7.13. The molecule has 2 aromatic carbocycles. The summed E-state index contributed by atoms with van der Waals surface area (Å²) in [6.07, 6.45) is 1.78. The van der Waals surface area contributed by atoms with Crippen molar-refractivity contribution in [3.8, 4) is 5.75 Å². The van der Waals surface area contributed by atoms with E-state index < -0.39 is 5.97 Å². The third kappa shape index (κ3) is 3.76. The van der Waals surface area contributed by atoms with E-state index in [2.05, 4.69) is 0 Å². The van der Waals surface area contributed by atoms with Crippen molar-refractivity contribution in [2.75, 3.05) is 7.11 Å². The fraction of sp³-hybridized carbons (Fsp3) is 0.211. The van der Waals surface area contributed by atoms with Crippen LogP contribution in [0.15, 0.2) is 60.2 Å². The van der Waals surface area contributed by atoms with Gasteiger partial charge in [0.25, 0.3) is 0 Å². The maximum atomic E-state index is 11.2.